The van der Waals surface area contributed by atoms with E-state index in [1.54, 1.807) is 42.5 Å². The Bertz CT molecular complexity index is 1550. The van der Waals surface area contributed by atoms with E-state index in [9.17, 15) is 26.4 Å². The molecule has 210 valence electrons. The molecule has 0 N–H and O–H groups in total. The molecule has 4 aromatic rings. The van der Waals surface area contributed by atoms with Gasteiger partial charge in [-0.05, 0) is 60.2 Å². The van der Waals surface area contributed by atoms with Gasteiger partial charge in [0.15, 0.2) is 0 Å². The van der Waals surface area contributed by atoms with E-state index < -0.39 is 26.8 Å². The summed E-state index contributed by atoms with van der Waals surface area (Å²) in [6.07, 6.45) is -3.22. The number of hydrogen-bond acceptors (Lipinski definition) is 7. The van der Waals surface area contributed by atoms with Crippen LogP contribution in [-0.4, -0.2) is 33.4 Å². The van der Waals surface area contributed by atoms with Crippen LogP contribution in [0.3, 0.4) is 0 Å². The zero-order chi connectivity index (χ0) is 28.9. The van der Waals surface area contributed by atoms with E-state index in [2.05, 4.69) is 0 Å². The summed E-state index contributed by atoms with van der Waals surface area (Å²) in [4.78, 5) is 14.4. The lowest BCUT2D eigenvalue weighted by molar-refractivity contribution is -0.137. The molecule has 4 rings (SSSR count). The van der Waals surface area contributed by atoms with Gasteiger partial charge in [-0.15, -0.1) is 0 Å². The number of methoxy groups -OCH3 is 2. The number of amides is 1. The maximum Gasteiger partial charge on any atom is 0.416 e. The van der Waals surface area contributed by atoms with Crippen molar-refractivity contribution in [3.05, 3.63) is 108 Å². The van der Waals surface area contributed by atoms with Gasteiger partial charge in [0, 0.05) is 18.2 Å². The first-order valence-electron chi connectivity index (χ1n) is 11.7. The van der Waals surface area contributed by atoms with E-state index in [-0.39, 0.29) is 24.7 Å². The van der Waals surface area contributed by atoms with Gasteiger partial charge >= 0.3 is 16.3 Å². The minimum atomic E-state index is -4.71. The second kappa shape index (κ2) is 11.7. The molecule has 0 atom stereocenters. The number of benzene rings is 3. The zero-order valence-electron chi connectivity index (χ0n) is 21.3. The number of ether oxygens (including phenoxy) is 2. The highest BCUT2D eigenvalue weighted by Crippen LogP contribution is 2.31. The number of alkyl halides is 3. The fourth-order valence-electron chi connectivity index (χ4n) is 3.78. The molecule has 0 radical (unpaired) electrons. The molecule has 0 aliphatic carbocycles. The Hall–Kier alpha value is -4.45. The molecular formula is C28H24F3NO7S. The van der Waals surface area contributed by atoms with Crippen molar-refractivity contribution in [1.82, 2.24) is 4.90 Å². The zero-order valence-corrected chi connectivity index (χ0v) is 22.2. The largest absolute Gasteiger partial charge is 0.497 e. The summed E-state index contributed by atoms with van der Waals surface area (Å²) in [5, 5.41) is 0. The number of carbonyl (C=O) groups excluding carboxylic acids is 1. The van der Waals surface area contributed by atoms with Crippen LogP contribution < -0.4 is 13.7 Å². The molecule has 0 aliphatic heterocycles. The van der Waals surface area contributed by atoms with Crippen LogP contribution in [0, 0.1) is 0 Å². The summed E-state index contributed by atoms with van der Waals surface area (Å²) >= 11 is 0. The average Bonchev–Trinajstić information content (AvgIpc) is 3.45. The molecule has 0 fully saturated rings. The second-order valence-electron chi connectivity index (χ2n) is 8.55. The van der Waals surface area contributed by atoms with Crippen molar-refractivity contribution >= 4 is 16.0 Å². The van der Waals surface area contributed by atoms with Gasteiger partial charge in [0.25, 0.3) is 5.91 Å². The number of rotatable bonds is 10. The van der Waals surface area contributed by atoms with Crippen LogP contribution in [0.15, 0.2) is 94.4 Å². The van der Waals surface area contributed by atoms with Gasteiger partial charge in [0.05, 0.1) is 32.6 Å². The van der Waals surface area contributed by atoms with Crippen LogP contribution in [0.5, 0.6) is 17.2 Å². The van der Waals surface area contributed by atoms with Gasteiger partial charge in [-0.3, -0.25) is 4.79 Å². The average molecular weight is 576 g/mol. The molecular weight excluding hydrogens is 551 g/mol. The number of carbonyl (C=O) groups is 1. The molecule has 12 heteroatoms. The fourth-order valence-corrected chi connectivity index (χ4v) is 4.75. The number of furan rings is 1. The van der Waals surface area contributed by atoms with Gasteiger partial charge in [0.1, 0.15) is 27.9 Å². The van der Waals surface area contributed by atoms with Gasteiger partial charge in [-0.1, -0.05) is 18.2 Å². The van der Waals surface area contributed by atoms with Crippen molar-refractivity contribution in [3.63, 3.8) is 0 Å². The Labute approximate surface area is 228 Å². The molecule has 0 aliphatic rings. The molecule has 1 amide bonds. The standard InChI is InChI=1S/C28H24F3NO7S/c1-36-24-13-20(14-25(16-24)37-2)27(33)32(18-23-6-4-12-38-23)17-19-8-10-22(11-9-19)39-40(34,35)26-7-3-5-21(15-26)28(29,30)31/h3-16H,17-18H2,1-2H3. The smallest absolute Gasteiger partial charge is 0.416 e. The minimum absolute atomic E-state index is 0.109. The Morgan fingerprint density at radius 3 is 2.10 bits per heavy atom. The van der Waals surface area contributed by atoms with Gasteiger partial charge in [-0.2, -0.15) is 21.6 Å². The Kier molecular flexibility index (Phi) is 8.38. The highest BCUT2D eigenvalue weighted by Gasteiger charge is 2.32. The van der Waals surface area contributed by atoms with Crippen molar-refractivity contribution in [2.75, 3.05) is 14.2 Å². The summed E-state index contributed by atoms with van der Waals surface area (Å²) in [5.41, 5.74) is -0.170. The fraction of sp³-hybridized carbons (Fsp3) is 0.179. The topological polar surface area (TPSA) is 95.3 Å². The van der Waals surface area contributed by atoms with Crippen molar-refractivity contribution in [1.29, 1.82) is 0 Å². The van der Waals surface area contributed by atoms with E-state index >= 15 is 0 Å². The maximum atomic E-state index is 13.5. The lowest BCUT2D eigenvalue weighted by Gasteiger charge is -2.23. The summed E-state index contributed by atoms with van der Waals surface area (Å²) < 4.78 is 85.2. The number of nitrogens with zero attached hydrogens (tertiary/aromatic N) is 1. The quantitative estimate of drug-likeness (QED) is 0.217. The van der Waals surface area contributed by atoms with Crippen LogP contribution in [0.25, 0.3) is 0 Å². The highest BCUT2D eigenvalue weighted by atomic mass is 32.2. The van der Waals surface area contributed by atoms with Crippen LogP contribution >= 0.6 is 0 Å². The monoisotopic (exact) mass is 575 g/mol. The second-order valence-corrected chi connectivity index (χ2v) is 10.1. The van der Waals surface area contributed by atoms with E-state index in [0.29, 0.717) is 34.5 Å². The Morgan fingerprint density at radius 2 is 1.52 bits per heavy atom. The van der Waals surface area contributed by atoms with Crippen molar-refractivity contribution in [2.24, 2.45) is 0 Å². The molecule has 0 saturated carbocycles. The third-order valence-corrected chi connectivity index (χ3v) is 7.01. The van der Waals surface area contributed by atoms with Gasteiger partial charge in [-0.25, -0.2) is 0 Å². The normalized spacial score (nSPS) is 11.6. The van der Waals surface area contributed by atoms with E-state index in [1.165, 1.54) is 37.5 Å². The molecule has 1 heterocycles. The molecule has 40 heavy (non-hydrogen) atoms. The molecule has 3 aromatic carbocycles. The molecule has 1 aromatic heterocycles. The van der Waals surface area contributed by atoms with Gasteiger partial charge in [0.2, 0.25) is 0 Å². The first-order chi connectivity index (χ1) is 19.0. The van der Waals surface area contributed by atoms with Crippen molar-refractivity contribution < 1.29 is 44.5 Å². The van der Waals surface area contributed by atoms with E-state index in [4.69, 9.17) is 18.1 Å². The molecule has 0 spiro atoms. The summed E-state index contributed by atoms with van der Waals surface area (Å²) in [5.74, 6) is 0.951. The van der Waals surface area contributed by atoms with Crippen LogP contribution in [-0.2, 0) is 29.4 Å². The lowest BCUT2D eigenvalue weighted by atomic mass is 10.1. The van der Waals surface area contributed by atoms with E-state index in [1.807, 2.05) is 0 Å². The van der Waals surface area contributed by atoms with Gasteiger partial charge < -0.3 is 23.0 Å². The lowest BCUT2D eigenvalue weighted by Crippen LogP contribution is -2.30. The molecule has 8 nitrogen and oxygen atoms in total. The Morgan fingerprint density at radius 1 is 0.850 bits per heavy atom. The number of hydrogen-bond donors (Lipinski definition) is 0. The first kappa shape index (κ1) is 28.6. The first-order valence-corrected chi connectivity index (χ1v) is 13.1. The van der Waals surface area contributed by atoms with Crippen molar-refractivity contribution in [3.8, 4) is 17.2 Å². The summed E-state index contributed by atoms with van der Waals surface area (Å²) in [6, 6.07) is 17.3. The highest BCUT2D eigenvalue weighted by molar-refractivity contribution is 7.87. The molecule has 0 unspecified atom stereocenters. The van der Waals surface area contributed by atoms with E-state index in [0.717, 1.165) is 18.2 Å². The SMILES string of the molecule is COc1cc(OC)cc(C(=O)N(Cc2ccc(OS(=O)(=O)c3cccc(C(F)(F)F)c3)cc2)Cc2ccco2)c1. The van der Waals surface area contributed by atoms with Crippen LogP contribution in [0.2, 0.25) is 0 Å². The summed E-state index contributed by atoms with van der Waals surface area (Å²) in [7, 11) is -1.58. The van der Waals surface area contributed by atoms with Crippen LogP contribution in [0.4, 0.5) is 13.2 Å². The summed E-state index contributed by atoms with van der Waals surface area (Å²) in [6.45, 7) is 0.243. The predicted octanol–water partition coefficient (Wildman–Crippen LogP) is 5.93. The maximum absolute atomic E-state index is 13.5. The number of halogens is 3. The minimum Gasteiger partial charge on any atom is -0.497 e. The molecule has 0 bridgehead atoms. The Balaban J connectivity index is 1.55. The molecule has 0 saturated heterocycles. The third kappa shape index (κ3) is 6.94. The van der Waals surface area contributed by atoms with Crippen molar-refractivity contribution in [2.45, 2.75) is 24.2 Å². The van der Waals surface area contributed by atoms with Crippen LogP contribution in [0.1, 0.15) is 27.2 Å². The third-order valence-electron chi connectivity index (χ3n) is 5.77. The predicted molar refractivity (Wildman–Crippen MR) is 138 cm³/mol.